The minimum Gasteiger partial charge on any atom is -0.463 e. The summed E-state index contributed by atoms with van der Waals surface area (Å²) in [6, 6.07) is -0.821. The van der Waals surface area contributed by atoms with Crippen molar-refractivity contribution < 1.29 is 19.4 Å². The molecule has 1 rings (SSSR count). The Balaban J connectivity index is 3.13. The Morgan fingerprint density at radius 1 is 1.39 bits per heavy atom. The minimum atomic E-state index is -0.669. The van der Waals surface area contributed by atoms with Gasteiger partial charge in [0.25, 0.3) is 0 Å². The van der Waals surface area contributed by atoms with E-state index < -0.39 is 24.0 Å². The van der Waals surface area contributed by atoms with Crippen LogP contribution in [0.5, 0.6) is 0 Å². The molecule has 23 heavy (non-hydrogen) atoms. The number of esters is 1. The van der Waals surface area contributed by atoms with Crippen LogP contribution in [0.2, 0.25) is 0 Å². The van der Waals surface area contributed by atoms with Crippen molar-refractivity contribution >= 4 is 11.9 Å². The SMILES string of the molecule is CCOC(=O)C1=CC(C(O)C(CC)CC)C(NC(C)=O)C(N)C1. The first kappa shape index (κ1) is 19.6. The van der Waals surface area contributed by atoms with Crippen molar-refractivity contribution in [1.29, 1.82) is 0 Å². The summed E-state index contributed by atoms with van der Waals surface area (Å²) in [6.07, 6.45) is 3.04. The number of rotatable bonds is 7. The van der Waals surface area contributed by atoms with Crippen molar-refractivity contribution in [2.45, 2.75) is 65.1 Å². The maximum absolute atomic E-state index is 12.0. The molecule has 132 valence electrons. The second-order valence-corrected chi connectivity index (χ2v) is 6.15. The number of nitrogens with one attached hydrogen (secondary N) is 1. The normalized spacial score (nSPS) is 25.7. The lowest BCUT2D eigenvalue weighted by atomic mass is 9.75. The summed E-state index contributed by atoms with van der Waals surface area (Å²) in [5.74, 6) is -0.903. The van der Waals surface area contributed by atoms with E-state index in [1.54, 1.807) is 13.0 Å². The van der Waals surface area contributed by atoms with Crippen molar-refractivity contribution in [1.82, 2.24) is 5.32 Å². The summed E-state index contributed by atoms with van der Waals surface area (Å²) < 4.78 is 5.06. The Labute approximate surface area is 138 Å². The number of hydrogen-bond donors (Lipinski definition) is 3. The van der Waals surface area contributed by atoms with Gasteiger partial charge in [-0.15, -0.1) is 0 Å². The number of nitrogens with two attached hydrogens (primary N) is 1. The van der Waals surface area contributed by atoms with Gasteiger partial charge in [0.15, 0.2) is 0 Å². The molecule has 0 aliphatic heterocycles. The summed E-state index contributed by atoms with van der Waals surface area (Å²) in [6.45, 7) is 7.50. The number of aliphatic hydroxyl groups excluding tert-OH is 1. The van der Waals surface area contributed by atoms with E-state index >= 15 is 0 Å². The van der Waals surface area contributed by atoms with Gasteiger partial charge in [-0.25, -0.2) is 4.79 Å². The largest absolute Gasteiger partial charge is 0.463 e. The molecule has 0 heterocycles. The molecule has 0 aromatic heterocycles. The van der Waals surface area contributed by atoms with E-state index in [9.17, 15) is 14.7 Å². The molecule has 0 bridgehead atoms. The van der Waals surface area contributed by atoms with Gasteiger partial charge in [-0.1, -0.05) is 32.8 Å². The van der Waals surface area contributed by atoms with Crippen LogP contribution in [-0.4, -0.2) is 41.8 Å². The molecule has 4 unspecified atom stereocenters. The van der Waals surface area contributed by atoms with E-state index in [4.69, 9.17) is 10.5 Å². The van der Waals surface area contributed by atoms with Gasteiger partial charge in [-0.2, -0.15) is 0 Å². The molecule has 1 amide bonds. The molecule has 4 atom stereocenters. The van der Waals surface area contributed by atoms with E-state index in [0.717, 1.165) is 12.8 Å². The zero-order chi connectivity index (χ0) is 17.6. The molecule has 0 saturated heterocycles. The summed E-state index contributed by atoms with van der Waals surface area (Å²) >= 11 is 0. The zero-order valence-corrected chi connectivity index (χ0v) is 14.5. The standard InChI is InChI=1S/C17H30N2O4/c1-5-11(6-2)16(21)13-8-12(17(22)23-7-3)9-14(18)15(13)19-10(4)20/h8,11,13-16,21H,5-7,9,18H2,1-4H3,(H,19,20). The monoisotopic (exact) mass is 326 g/mol. The van der Waals surface area contributed by atoms with E-state index in [1.165, 1.54) is 6.92 Å². The third-order valence-corrected chi connectivity index (χ3v) is 4.56. The van der Waals surface area contributed by atoms with Gasteiger partial charge in [-0.05, 0) is 19.3 Å². The van der Waals surface area contributed by atoms with Crippen LogP contribution >= 0.6 is 0 Å². The van der Waals surface area contributed by atoms with Crippen molar-refractivity contribution in [2.75, 3.05) is 6.61 Å². The summed E-state index contributed by atoms with van der Waals surface area (Å²) in [7, 11) is 0. The molecule has 6 heteroatoms. The van der Waals surface area contributed by atoms with Gasteiger partial charge in [-0.3, -0.25) is 4.79 Å². The second-order valence-electron chi connectivity index (χ2n) is 6.15. The number of aliphatic hydroxyl groups is 1. The molecule has 1 aliphatic rings. The predicted molar refractivity (Wildman–Crippen MR) is 88.5 cm³/mol. The van der Waals surface area contributed by atoms with Gasteiger partial charge >= 0.3 is 5.97 Å². The van der Waals surface area contributed by atoms with Crippen LogP contribution in [0, 0.1) is 11.8 Å². The lowest BCUT2D eigenvalue weighted by Gasteiger charge is -2.39. The number of carbonyl (C=O) groups is 2. The molecule has 0 aromatic carbocycles. The smallest absolute Gasteiger partial charge is 0.333 e. The Hall–Kier alpha value is -1.40. The van der Waals surface area contributed by atoms with E-state index in [-0.39, 0.29) is 17.9 Å². The van der Waals surface area contributed by atoms with Crippen LogP contribution in [0.1, 0.15) is 47.0 Å². The highest BCUT2D eigenvalue weighted by Crippen LogP contribution is 2.31. The second kappa shape index (κ2) is 9.03. The lowest BCUT2D eigenvalue weighted by Crippen LogP contribution is -2.57. The van der Waals surface area contributed by atoms with Gasteiger partial charge in [0, 0.05) is 24.5 Å². The Kier molecular flexibility index (Phi) is 7.72. The van der Waals surface area contributed by atoms with Crippen LogP contribution in [-0.2, 0) is 14.3 Å². The number of carbonyl (C=O) groups excluding carboxylic acids is 2. The fourth-order valence-electron chi connectivity index (χ4n) is 3.28. The van der Waals surface area contributed by atoms with E-state index in [1.807, 2.05) is 13.8 Å². The fourth-order valence-corrected chi connectivity index (χ4v) is 3.28. The molecule has 0 spiro atoms. The summed E-state index contributed by atoms with van der Waals surface area (Å²) in [5, 5.41) is 13.6. The maximum Gasteiger partial charge on any atom is 0.333 e. The summed E-state index contributed by atoms with van der Waals surface area (Å²) in [5.41, 5.74) is 6.67. The maximum atomic E-state index is 12.0. The van der Waals surface area contributed by atoms with Crippen molar-refractivity contribution in [3.05, 3.63) is 11.6 Å². The van der Waals surface area contributed by atoms with Crippen LogP contribution in [0.15, 0.2) is 11.6 Å². The van der Waals surface area contributed by atoms with Gasteiger partial charge < -0.3 is 20.9 Å². The first-order valence-electron chi connectivity index (χ1n) is 8.44. The van der Waals surface area contributed by atoms with Crippen LogP contribution in [0.3, 0.4) is 0 Å². The van der Waals surface area contributed by atoms with E-state index in [0.29, 0.717) is 18.6 Å². The van der Waals surface area contributed by atoms with Crippen LogP contribution < -0.4 is 11.1 Å². The Bertz CT molecular complexity index is 446. The third kappa shape index (κ3) is 5.04. The zero-order valence-electron chi connectivity index (χ0n) is 14.5. The lowest BCUT2D eigenvalue weighted by molar-refractivity contribution is -0.139. The van der Waals surface area contributed by atoms with Crippen molar-refractivity contribution in [3.8, 4) is 0 Å². The average molecular weight is 326 g/mol. The number of ether oxygens (including phenoxy) is 1. The number of hydrogen-bond acceptors (Lipinski definition) is 5. The number of amides is 1. The minimum absolute atomic E-state index is 0.0845. The van der Waals surface area contributed by atoms with Crippen LogP contribution in [0.4, 0.5) is 0 Å². The molecule has 0 aromatic rings. The molecule has 6 nitrogen and oxygen atoms in total. The molecule has 0 saturated carbocycles. The average Bonchev–Trinajstić information content (AvgIpc) is 2.49. The van der Waals surface area contributed by atoms with Gasteiger partial charge in [0.2, 0.25) is 5.91 Å². The van der Waals surface area contributed by atoms with Crippen LogP contribution in [0.25, 0.3) is 0 Å². The molecule has 0 fully saturated rings. The summed E-state index contributed by atoms with van der Waals surface area (Å²) in [4.78, 5) is 23.5. The van der Waals surface area contributed by atoms with Crippen molar-refractivity contribution in [2.24, 2.45) is 17.6 Å². The molecular weight excluding hydrogens is 296 g/mol. The molecule has 1 aliphatic carbocycles. The highest BCUT2D eigenvalue weighted by atomic mass is 16.5. The van der Waals surface area contributed by atoms with Gasteiger partial charge in [0.1, 0.15) is 0 Å². The first-order chi connectivity index (χ1) is 10.8. The molecule has 4 N–H and O–H groups in total. The topological polar surface area (TPSA) is 102 Å². The predicted octanol–water partition coefficient (Wildman–Crippen LogP) is 1.12. The first-order valence-corrected chi connectivity index (χ1v) is 8.44. The Morgan fingerprint density at radius 3 is 2.48 bits per heavy atom. The van der Waals surface area contributed by atoms with Crippen molar-refractivity contribution in [3.63, 3.8) is 0 Å². The highest BCUT2D eigenvalue weighted by molar-refractivity contribution is 5.89. The Morgan fingerprint density at radius 2 is 2.00 bits per heavy atom. The molecular formula is C17H30N2O4. The molecule has 0 radical (unpaired) electrons. The quantitative estimate of drug-likeness (QED) is 0.609. The van der Waals surface area contributed by atoms with E-state index in [2.05, 4.69) is 5.32 Å². The highest BCUT2D eigenvalue weighted by Gasteiger charge is 2.39. The third-order valence-electron chi connectivity index (χ3n) is 4.56. The van der Waals surface area contributed by atoms with Gasteiger partial charge in [0.05, 0.1) is 18.8 Å². The fraction of sp³-hybridized carbons (Fsp3) is 0.765.